The number of thioether (sulfide) groups is 2. The van der Waals surface area contributed by atoms with Gasteiger partial charge in [0, 0.05) is 0 Å². The van der Waals surface area contributed by atoms with Crippen molar-refractivity contribution in [3.8, 4) is 0 Å². The number of rotatable bonds is 10. The van der Waals surface area contributed by atoms with Gasteiger partial charge in [-0.25, -0.2) is 0 Å². The van der Waals surface area contributed by atoms with Crippen LogP contribution in [-0.2, 0) is 13.6 Å². The normalized spacial score (nSPS) is 12.6. The van der Waals surface area contributed by atoms with Crippen LogP contribution >= 0.6 is 31.1 Å². The molecule has 0 aromatic carbocycles. The van der Waals surface area contributed by atoms with Crippen LogP contribution in [0.15, 0.2) is 8.38 Å². The molecule has 0 rings (SSSR count). The SMILES string of the molecule is CCOP(=O)(OCC)[C](=C(SCC)SCC)[Ge]([CH3])([CH3])[CH3]. The van der Waals surface area contributed by atoms with Gasteiger partial charge in [-0.3, -0.25) is 0 Å². The van der Waals surface area contributed by atoms with Crippen molar-refractivity contribution >= 4 is 44.4 Å². The predicted octanol–water partition coefficient (Wildman–Crippen LogP) is 5.81. The molecule has 0 saturated carbocycles. The summed E-state index contributed by atoms with van der Waals surface area (Å²) in [6.07, 6.45) is 0. The molecule has 120 valence electrons. The Bertz CT molecular complexity index is 349. The summed E-state index contributed by atoms with van der Waals surface area (Å²) >= 11 is 1.19. The first kappa shape index (κ1) is 21.1. The van der Waals surface area contributed by atoms with Gasteiger partial charge in [0.15, 0.2) is 0 Å². The fraction of sp³-hybridized carbons (Fsp3) is 0.846. The van der Waals surface area contributed by atoms with Crippen LogP contribution in [0, 0.1) is 0 Å². The van der Waals surface area contributed by atoms with Gasteiger partial charge >= 0.3 is 136 Å². The zero-order chi connectivity index (χ0) is 15.8. The third kappa shape index (κ3) is 6.49. The van der Waals surface area contributed by atoms with Crippen molar-refractivity contribution in [2.24, 2.45) is 0 Å². The van der Waals surface area contributed by atoms with E-state index in [0.717, 1.165) is 15.7 Å². The Morgan fingerprint density at radius 1 is 0.950 bits per heavy atom. The first-order valence-electron chi connectivity index (χ1n) is 7.16. The van der Waals surface area contributed by atoms with Crippen LogP contribution in [0.3, 0.4) is 0 Å². The molecule has 0 unspecified atom stereocenters. The van der Waals surface area contributed by atoms with E-state index in [-0.39, 0.29) is 0 Å². The maximum absolute atomic E-state index is 13.3. The first-order chi connectivity index (χ1) is 9.26. The van der Waals surface area contributed by atoms with Crippen molar-refractivity contribution in [3.63, 3.8) is 0 Å². The molecule has 0 N–H and O–H groups in total. The molecule has 0 fully saturated rings. The van der Waals surface area contributed by atoms with E-state index in [0.29, 0.717) is 13.2 Å². The van der Waals surface area contributed by atoms with E-state index in [1.807, 2.05) is 13.8 Å². The minimum absolute atomic E-state index is 0.417. The van der Waals surface area contributed by atoms with E-state index in [9.17, 15) is 4.57 Å². The van der Waals surface area contributed by atoms with Crippen molar-refractivity contribution in [2.45, 2.75) is 45.0 Å². The van der Waals surface area contributed by atoms with Crippen LogP contribution in [-0.4, -0.2) is 38.0 Å². The van der Waals surface area contributed by atoms with Gasteiger partial charge in [-0.1, -0.05) is 0 Å². The van der Waals surface area contributed by atoms with Gasteiger partial charge in [0.1, 0.15) is 0 Å². The average Bonchev–Trinajstić information content (AvgIpc) is 2.28. The molecule has 0 saturated heterocycles. The molecule has 0 bridgehead atoms. The Hall–Kier alpha value is 1.13. The van der Waals surface area contributed by atoms with Crippen LogP contribution < -0.4 is 0 Å². The predicted molar refractivity (Wildman–Crippen MR) is 97.5 cm³/mol. The van der Waals surface area contributed by atoms with Gasteiger partial charge in [-0.15, -0.1) is 0 Å². The summed E-state index contributed by atoms with van der Waals surface area (Å²) in [5, 5.41) is 0. The van der Waals surface area contributed by atoms with E-state index in [2.05, 4.69) is 31.1 Å². The third-order valence-corrected chi connectivity index (χ3v) is 16.3. The van der Waals surface area contributed by atoms with E-state index in [4.69, 9.17) is 9.05 Å². The molecule has 20 heavy (non-hydrogen) atoms. The number of hydrogen-bond donors (Lipinski definition) is 0. The Balaban J connectivity index is 5.95. The molecule has 0 aliphatic heterocycles. The molecule has 0 aromatic heterocycles. The zero-order valence-electron chi connectivity index (χ0n) is 13.8. The van der Waals surface area contributed by atoms with Gasteiger partial charge < -0.3 is 0 Å². The molecular weight excluding hydrogens is 372 g/mol. The van der Waals surface area contributed by atoms with Crippen molar-refractivity contribution in [1.82, 2.24) is 0 Å². The van der Waals surface area contributed by atoms with Crippen LogP contribution in [0.1, 0.15) is 27.7 Å². The van der Waals surface area contributed by atoms with Crippen molar-refractivity contribution in [2.75, 3.05) is 24.7 Å². The fourth-order valence-corrected chi connectivity index (χ4v) is 18.1. The molecular formula is C13H29GeO3PS2. The zero-order valence-corrected chi connectivity index (χ0v) is 18.4. The summed E-state index contributed by atoms with van der Waals surface area (Å²) in [4.78, 5) is 0. The second kappa shape index (κ2) is 10.0. The van der Waals surface area contributed by atoms with E-state index >= 15 is 0 Å². The van der Waals surface area contributed by atoms with Gasteiger partial charge in [-0.05, 0) is 0 Å². The van der Waals surface area contributed by atoms with Crippen LogP contribution in [0.5, 0.6) is 0 Å². The third-order valence-electron chi connectivity index (χ3n) is 2.33. The molecule has 7 heteroatoms. The van der Waals surface area contributed by atoms with Crippen LogP contribution in [0.2, 0.25) is 17.3 Å². The summed E-state index contributed by atoms with van der Waals surface area (Å²) < 4.78 is 26.7. The standard InChI is InChI=1S/C13H29GeO3PS2/c1-8-16-18(15,17-9-2)12(14(5,6)7)13(19-10-3)20-11-4/h8-11H2,1-7H3. The van der Waals surface area contributed by atoms with Gasteiger partial charge in [-0.2, -0.15) is 0 Å². The molecule has 0 amide bonds. The van der Waals surface area contributed by atoms with Crippen molar-refractivity contribution in [3.05, 3.63) is 8.38 Å². The molecule has 0 heterocycles. The summed E-state index contributed by atoms with van der Waals surface area (Å²) in [7, 11) is -3.15. The Morgan fingerprint density at radius 2 is 1.35 bits per heavy atom. The quantitative estimate of drug-likeness (QED) is 0.341. The average molecular weight is 401 g/mol. The second-order valence-electron chi connectivity index (χ2n) is 5.09. The molecule has 0 radical (unpaired) electrons. The fourth-order valence-electron chi connectivity index (χ4n) is 1.78. The van der Waals surface area contributed by atoms with Crippen LogP contribution in [0.25, 0.3) is 0 Å². The summed E-state index contributed by atoms with van der Waals surface area (Å²) in [5.41, 5.74) is 0. The molecule has 0 atom stereocenters. The summed E-state index contributed by atoms with van der Waals surface area (Å²) in [6, 6.07) is 0. The minimum atomic E-state index is -3.15. The van der Waals surface area contributed by atoms with Gasteiger partial charge in [0.2, 0.25) is 0 Å². The Kier molecular flexibility index (Phi) is 10.6. The van der Waals surface area contributed by atoms with Crippen molar-refractivity contribution in [1.29, 1.82) is 0 Å². The van der Waals surface area contributed by atoms with Gasteiger partial charge in [0.25, 0.3) is 0 Å². The maximum atomic E-state index is 13.3. The van der Waals surface area contributed by atoms with E-state index < -0.39 is 20.9 Å². The van der Waals surface area contributed by atoms with Crippen molar-refractivity contribution < 1.29 is 13.6 Å². The summed E-state index contributed by atoms with van der Waals surface area (Å²) in [6.45, 7) is 8.83. The molecule has 0 aromatic rings. The Morgan fingerprint density at radius 3 is 1.60 bits per heavy atom. The van der Waals surface area contributed by atoms with E-state index in [1.54, 1.807) is 23.5 Å². The molecule has 0 aliphatic carbocycles. The molecule has 0 aliphatic rings. The molecule has 0 spiro atoms. The van der Waals surface area contributed by atoms with Crippen LogP contribution in [0.4, 0.5) is 0 Å². The topological polar surface area (TPSA) is 35.5 Å². The number of hydrogen-bond acceptors (Lipinski definition) is 5. The van der Waals surface area contributed by atoms with E-state index in [1.165, 1.54) is 4.24 Å². The molecule has 3 nitrogen and oxygen atoms in total. The second-order valence-corrected chi connectivity index (χ2v) is 21.2. The Labute approximate surface area is 135 Å². The first-order valence-corrected chi connectivity index (χ1v) is 18.0. The summed E-state index contributed by atoms with van der Waals surface area (Å²) in [5.74, 6) is 8.72. The van der Waals surface area contributed by atoms with Gasteiger partial charge in [0.05, 0.1) is 0 Å². The monoisotopic (exact) mass is 402 g/mol.